The van der Waals surface area contributed by atoms with Crippen molar-refractivity contribution in [3.05, 3.63) is 41.1 Å². The van der Waals surface area contributed by atoms with Crippen LogP contribution < -0.4 is 5.32 Å². The third kappa shape index (κ3) is 4.81. The lowest BCUT2D eigenvalue weighted by Gasteiger charge is -2.51. The Balaban J connectivity index is 1.30. The molecule has 1 amide bonds. The van der Waals surface area contributed by atoms with E-state index in [0.717, 1.165) is 25.9 Å². The summed E-state index contributed by atoms with van der Waals surface area (Å²) in [5.41, 5.74) is -1.29. The van der Waals surface area contributed by atoms with Crippen LogP contribution in [0.1, 0.15) is 37.7 Å². The Labute approximate surface area is 205 Å². The Kier molecular flexibility index (Phi) is 6.35. The van der Waals surface area contributed by atoms with Crippen molar-refractivity contribution in [2.45, 2.75) is 49.7 Å². The van der Waals surface area contributed by atoms with Crippen molar-refractivity contribution in [2.24, 2.45) is 11.8 Å². The largest absolute Gasteiger partial charge is 0.454 e. The van der Waals surface area contributed by atoms with Gasteiger partial charge in [0.25, 0.3) is 5.91 Å². The topological polar surface area (TPSA) is 101 Å². The van der Waals surface area contributed by atoms with E-state index in [1.54, 1.807) is 16.8 Å². The number of hydrogen-bond donors (Lipinski definition) is 2. The van der Waals surface area contributed by atoms with E-state index in [9.17, 15) is 23.5 Å². The number of quaternary nitrogens is 1. The zero-order valence-electron chi connectivity index (χ0n) is 19.2. The van der Waals surface area contributed by atoms with Crippen molar-refractivity contribution in [1.29, 1.82) is 0 Å². The molecule has 2 N–H and O–H groups in total. The number of rotatable bonds is 7. The number of alkyl halides is 2. The van der Waals surface area contributed by atoms with Crippen molar-refractivity contribution in [3.8, 4) is 0 Å². The second kappa shape index (κ2) is 9.18. The molecule has 11 heteroatoms. The van der Waals surface area contributed by atoms with E-state index in [1.807, 2.05) is 0 Å². The number of nitrogens with zero attached hydrogens (tertiary/aromatic N) is 3. The van der Waals surface area contributed by atoms with Crippen LogP contribution in [0.5, 0.6) is 0 Å². The zero-order valence-corrected chi connectivity index (χ0v) is 20.1. The number of aromatic nitrogens is 2. The van der Waals surface area contributed by atoms with E-state index in [2.05, 4.69) is 15.3 Å². The Hall–Kier alpha value is -2.50. The number of piperidine rings is 3. The van der Waals surface area contributed by atoms with Gasteiger partial charge in [-0.15, -0.1) is 0 Å². The lowest BCUT2D eigenvalue weighted by Crippen LogP contribution is -2.66. The van der Waals surface area contributed by atoms with Crippen molar-refractivity contribution in [3.63, 3.8) is 0 Å². The average molecular weight is 508 g/mol. The molecular formula is C24H29F2N4O4S+. The number of thiophene rings is 1. The normalized spacial score (nSPS) is 31.0. The minimum absolute atomic E-state index is 0.0475. The van der Waals surface area contributed by atoms with E-state index < -0.39 is 35.9 Å². The molecule has 0 spiro atoms. The van der Waals surface area contributed by atoms with Crippen LogP contribution in [0.15, 0.2) is 35.5 Å². The van der Waals surface area contributed by atoms with Crippen molar-refractivity contribution in [1.82, 2.24) is 9.97 Å². The third-order valence-electron chi connectivity index (χ3n) is 7.89. The van der Waals surface area contributed by atoms with Gasteiger partial charge >= 0.3 is 5.97 Å². The van der Waals surface area contributed by atoms with Crippen LogP contribution in [-0.2, 0) is 19.9 Å². The van der Waals surface area contributed by atoms with E-state index in [0.29, 0.717) is 22.3 Å². The highest BCUT2D eigenvalue weighted by molar-refractivity contribution is 7.08. The molecule has 1 aliphatic carbocycles. The molecule has 188 valence electrons. The number of hydrogen-bond acceptors (Lipinski definition) is 7. The predicted octanol–water partition coefficient (Wildman–Crippen LogP) is 2.95. The van der Waals surface area contributed by atoms with Crippen LogP contribution in [0.2, 0.25) is 0 Å². The highest BCUT2D eigenvalue weighted by Gasteiger charge is 2.56. The molecule has 8 nitrogen and oxygen atoms in total. The van der Waals surface area contributed by atoms with Gasteiger partial charge in [0.15, 0.2) is 18.2 Å². The molecule has 2 bridgehead atoms. The first-order valence-electron chi connectivity index (χ1n) is 11.9. The second-order valence-corrected chi connectivity index (χ2v) is 10.9. The number of fused-ring (bicyclic) bond motifs is 3. The quantitative estimate of drug-likeness (QED) is 0.442. The first kappa shape index (κ1) is 24.2. The number of ether oxygens (including phenoxy) is 1. The number of carbonyl (C=O) groups excluding carboxylic acids is 2. The lowest BCUT2D eigenvalue weighted by molar-refractivity contribution is -0.939. The minimum atomic E-state index is -2.91. The highest BCUT2D eigenvalue weighted by Crippen LogP contribution is 2.49. The van der Waals surface area contributed by atoms with Crippen LogP contribution in [-0.4, -0.2) is 69.6 Å². The monoisotopic (exact) mass is 507 g/mol. The molecule has 2 aromatic rings. The maximum Gasteiger partial charge on any atom is 0.343 e. The van der Waals surface area contributed by atoms with Crippen LogP contribution in [0, 0.1) is 11.8 Å². The fraction of sp³-hybridized carbons (Fsp3) is 0.583. The molecule has 0 aromatic carbocycles. The molecule has 2 aromatic heterocycles. The summed E-state index contributed by atoms with van der Waals surface area (Å²) < 4.78 is 34.5. The molecule has 2 unspecified atom stereocenters. The summed E-state index contributed by atoms with van der Waals surface area (Å²) >= 11 is 1.30. The molecule has 5 heterocycles. The van der Waals surface area contributed by atoms with Crippen LogP contribution in [0.4, 0.5) is 14.5 Å². The second-order valence-electron chi connectivity index (χ2n) is 10.2. The fourth-order valence-electron chi connectivity index (χ4n) is 5.98. The molecule has 6 rings (SSSR count). The van der Waals surface area contributed by atoms with Gasteiger partial charge in [0.05, 0.1) is 31.2 Å². The van der Waals surface area contributed by atoms with Crippen LogP contribution in [0.3, 0.4) is 0 Å². The number of esters is 1. The summed E-state index contributed by atoms with van der Waals surface area (Å²) in [6, 6.07) is 1.60. The first-order chi connectivity index (χ1) is 16.7. The van der Waals surface area contributed by atoms with Gasteiger partial charge in [0.1, 0.15) is 12.9 Å². The maximum atomic E-state index is 14.0. The SMILES string of the molecule is O=C(C[N+]12CCC(CC1)[C@@H](OC(=O)C(O)(c1ccsc1)C1CCC(F)(F)C1)C2)Nc1cncnc1. The number of carbonyl (C=O) groups is 2. The zero-order chi connectivity index (χ0) is 24.7. The minimum Gasteiger partial charge on any atom is -0.454 e. The molecule has 3 saturated heterocycles. The van der Waals surface area contributed by atoms with Crippen LogP contribution in [0.25, 0.3) is 0 Å². The summed E-state index contributed by atoms with van der Waals surface area (Å²) in [6.07, 6.45) is 4.67. The van der Waals surface area contributed by atoms with Crippen molar-refractivity contribution < 1.29 is 32.7 Å². The Morgan fingerprint density at radius 3 is 2.63 bits per heavy atom. The highest BCUT2D eigenvalue weighted by atomic mass is 32.1. The van der Waals surface area contributed by atoms with Gasteiger partial charge in [-0.05, 0) is 23.2 Å². The summed E-state index contributed by atoms with van der Waals surface area (Å²) in [6.45, 7) is 2.26. The molecule has 1 saturated carbocycles. The molecule has 4 aliphatic rings. The number of aliphatic hydroxyl groups is 1. The Morgan fingerprint density at radius 1 is 1.26 bits per heavy atom. The van der Waals surface area contributed by atoms with Gasteiger partial charge in [-0.1, -0.05) is 0 Å². The number of halogens is 2. The van der Waals surface area contributed by atoms with Crippen molar-refractivity contribution in [2.75, 3.05) is 31.5 Å². The van der Waals surface area contributed by atoms with Gasteiger partial charge in [0.2, 0.25) is 5.92 Å². The smallest absolute Gasteiger partial charge is 0.343 e. The molecule has 3 atom stereocenters. The van der Waals surface area contributed by atoms with E-state index >= 15 is 0 Å². The van der Waals surface area contributed by atoms with Gasteiger partial charge in [-0.2, -0.15) is 11.3 Å². The van der Waals surface area contributed by atoms with Gasteiger partial charge in [0, 0.05) is 43.1 Å². The maximum absolute atomic E-state index is 14.0. The van der Waals surface area contributed by atoms with E-state index in [1.165, 1.54) is 30.1 Å². The number of nitrogens with one attached hydrogen (secondary N) is 1. The molecule has 3 aliphatic heterocycles. The van der Waals surface area contributed by atoms with Gasteiger partial charge in [-0.3, -0.25) is 4.79 Å². The average Bonchev–Trinajstić information content (AvgIpc) is 3.50. The molecule has 4 fully saturated rings. The number of anilines is 1. The van der Waals surface area contributed by atoms with Crippen LogP contribution >= 0.6 is 11.3 Å². The molecular weight excluding hydrogens is 478 g/mol. The standard InChI is InChI=1S/C24H28F2N4O4S/c25-23(26)5-1-17(9-23)24(33,18-4-8-35-14-18)22(32)34-20-12-30(6-2-16(20)3-7-30)13-21(31)29-19-10-27-15-28-11-19/h4,8,10-11,14-17,20,33H,1-3,5-7,9,12-13H2/p+1/t16?,17?,20-,24?,30?/m0/s1. The van der Waals surface area contributed by atoms with Crippen molar-refractivity contribution >= 4 is 28.9 Å². The summed E-state index contributed by atoms with van der Waals surface area (Å²) in [4.78, 5) is 34.0. The fourth-order valence-corrected chi connectivity index (χ4v) is 6.69. The molecule has 0 radical (unpaired) electrons. The Morgan fingerprint density at radius 2 is 2.00 bits per heavy atom. The summed E-state index contributed by atoms with van der Waals surface area (Å²) in [5.74, 6) is -4.73. The third-order valence-corrected chi connectivity index (χ3v) is 8.57. The predicted molar refractivity (Wildman–Crippen MR) is 123 cm³/mol. The number of amides is 1. The summed E-state index contributed by atoms with van der Waals surface area (Å²) in [7, 11) is 0. The van der Waals surface area contributed by atoms with E-state index in [4.69, 9.17) is 4.74 Å². The lowest BCUT2D eigenvalue weighted by atomic mass is 9.80. The van der Waals surface area contributed by atoms with E-state index in [-0.39, 0.29) is 31.2 Å². The van der Waals surface area contributed by atoms with Gasteiger partial charge < -0.3 is 19.6 Å². The first-order valence-corrected chi connectivity index (χ1v) is 12.9. The summed E-state index contributed by atoms with van der Waals surface area (Å²) in [5, 5.41) is 17.7. The van der Waals surface area contributed by atoms with Gasteiger partial charge in [-0.25, -0.2) is 23.5 Å². The Bertz CT molecular complexity index is 1060. The molecule has 35 heavy (non-hydrogen) atoms.